The number of rotatable bonds is 4. The average Bonchev–Trinajstić information content (AvgIpc) is 3.26. The molecule has 2 saturated heterocycles. The Hall–Kier alpha value is -0.160. The molecule has 0 aromatic heterocycles. The Labute approximate surface area is 110 Å². The Morgan fingerprint density at radius 3 is 2.44 bits per heavy atom. The molecule has 1 saturated carbocycles. The van der Waals surface area contributed by atoms with E-state index < -0.39 is 0 Å². The summed E-state index contributed by atoms with van der Waals surface area (Å²) in [6.45, 7) is 7.55. The fourth-order valence-corrected chi connectivity index (χ4v) is 3.58. The predicted octanol–water partition coefficient (Wildman–Crippen LogP) is 0.520. The fourth-order valence-electron chi connectivity index (χ4n) is 3.58. The molecule has 4 heteroatoms. The van der Waals surface area contributed by atoms with Crippen LogP contribution < -0.4 is 5.73 Å². The number of nitrogens with two attached hydrogens (primary N) is 1. The SMILES string of the molecule is NCC(C1CCCOC1)N1CCN(C2CC2)CC1. The van der Waals surface area contributed by atoms with Gasteiger partial charge in [0.2, 0.25) is 0 Å². The van der Waals surface area contributed by atoms with Gasteiger partial charge in [-0.3, -0.25) is 9.80 Å². The lowest BCUT2D eigenvalue weighted by atomic mass is 9.92. The molecule has 2 unspecified atom stereocenters. The Bertz CT molecular complexity index is 256. The third-order valence-electron chi connectivity index (χ3n) is 4.86. The molecule has 3 aliphatic rings. The van der Waals surface area contributed by atoms with Crippen LogP contribution in [0.3, 0.4) is 0 Å². The van der Waals surface area contributed by atoms with Gasteiger partial charge in [0.1, 0.15) is 0 Å². The molecule has 2 aliphatic heterocycles. The Kier molecular flexibility index (Phi) is 4.19. The normalized spacial score (nSPS) is 33.5. The summed E-state index contributed by atoms with van der Waals surface area (Å²) in [6, 6.07) is 1.47. The Balaban J connectivity index is 1.51. The summed E-state index contributed by atoms with van der Waals surface area (Å²) in [7, 11) is 0. The van der Waals surface area contributed by atoms with E-state index in [1.165, 1.54) is 51.9 Å². The third-order valence-corrected chi connectivity index (χ3v) is 4.86. The van der Waals surface area contributed by atoms with Gasteiger partial charge in [-0.1, -0.05) is 0 Å². The highest BCUT2D eigenvalue weighted by Gasteiger charge is 2.34. The van der Waals surface area contributed by atoms with Crippen LogP contribution >= 0.6 is 0 Å². The molecular formula is C14H27N3O. The van der Waals surface area contributed by atoms with E-state index in [1.54, 1.807) is 0 Å². The van der Waals surface area contributed by atoms with Crippen molar-refractivity contribution in [3.05, 3.63) is 0 Å². The van der Waals surface area contributed by atoms with Crippen molar-refractivity contribution in [2.45, 2.75) is 37.8 Å². The summed E-state index contributed by atoms with van der Waals surface area (Å²) in [6.07, 6.45) is 5.36. The molecule has 18 heavy (non-hydrogen) atoms. The topological polar surface area (TPSA) is 41.7 Å². The first-order valence-electron chi connectivity index (χ1n) is 7.64. The van der Waals surface area contributed by atoms with Gasteiger partial charge in [0.25, 0.3) is 0 Å². The number of piperazine rings is 1. The van der Waals surface area contributed by atoms with Crippen LogP contribution in [0.15, 0.2) is 0 Å². The first kappa shape index (κ1) is 12.9. The van der Waals surface area contributed by atoms with E-state index in [2.05, 4.69) is 9.80 Å². The van der Waals surface area contributed by atoms with Gasteiger partial charge in [0.15, 0.2) is 0 Å². The molecule has 3 fully saturated rings. The number of hydrogen-bond donors (Lipinski definition) is 1. The zero-order valence-corrected chi connectivity index (χ0v) is 11.4. The van der Waals surface area contributed by atoms with E-state index in [4.69, 9.17) is 10.5 Å². The summed E-state index contributed by atoms with van der Waals surface area (Å²) in [5.74, 6) is 0.663. The minimum atomic E-state index is 0.548. The van der Waals surface area contributed by atoms with Gasteiger partial charge in [-0.25, -0.2) is 0 Å². The molecule has 104 valence electrons. The van der Waals surface area contributed by atoms with E-state index in [0.29, 0.717) is 12.0 Å². The van der Waals surface area contributed by atoms with Gasteiger partial charge in [-0.05, 0) is 31.6 Å². The highest BCUT2D eigenvalue weighted by Crippen LogP contribution is 2.29. The van der Waals surface area contributed by atoms with Gasteiger partial charge < -0.3 is 10.5 Å². The highest BCUT2D eigenvalue weighted by atomic mass is 16.5. The molecule has 1 aliphatic carbocycles. The summed E-state index contributed by atoms with van der Waals surface area (Å²) < 4.78 is 5.63. The first-order chi connectivity index (χ1) is 8.88. The molecule has 3 rings (SSSR count). The molecule has 4 nitrogen and oxygen atoms in total. The van der Waals surface area contributed by atoms with Crippen LogP contribution in [-0.2, 0) is 4.74 Å². The fraction of sp³-hybridized carbons (Fsp3) is 1.00. The lowest BCUT2D eigenvalue weighted by Gasteiger charge is -2.43. The summed E-state index contributed by atoms with van der Waals surface area (Å²) in [4.78, 5) is 5.29. The van der Waals surface area contributed by atoms with Crippen molar-refractivity contribution < 1.29 is 4.74 Å². The molecule has 0 spiro atoms. The second kappa shape index (κ2) is 5.87. The summed E-state index contributed by atoms with van der Waals surface area (Å²) in [5, 5.41) is 0. The van der Waals surface area contributed by atoms with Crippen molar-refractivity contribution in [1.29, 1.82) is 0 Å². The Morgan fingerprint density at radius 2 is 1.89 bits per heavy atom. The van der Waals surface area contributed by atoms with Crippen LogP contribution in [0.25, 0.3) is 0 Å². The van der Waals surface area contributed by atoms with Crippen LogP contribution in [0.4, 0.5) is 0 Å². The van der Waals surface area contributed by atoms with Crippen LogP contribution in [0, 0.1) is 5.92 Å². The van der Waals surface area contributed by atoms with E-state index >= 15 is 0 Å². The summed E-state index contributed by atoms with van der Waals surface area (Å²) >= 11 is 0. The third kappa shape index (κ3) is 2.87. The molecule has 0 bridgehead atoms. The van der Waals surface area contributed by atoms with Gasteiger partial charge in [-0.2, -0.15) is 0 Å². The minimum Gasteiger partial charge on any atom is -0.381 e. The van der Waals surface area contributed by atoms with Gasteiger partial charge >= 0.3 is 0 Å². The average molecular weight is 253 g/mol. The number of hydrogen-bond acceptors (Lipinski definition) is 4. The molecule has 0 aromatic carbocycles. The molecule has 2 N–H and O–H groups in total. The largest absolute Gasteiger partial charge is 0.381 e. The van der Waals surface area contributed by atoms with Gasteiger partial charge in [0.05, 0.1) is 6.61 Å². The maximum absolute atomic E-state index is 6.03. The standard InChI is InChI=1S/C14H27N3O/c15-10-14(12-2-1-9-18-11-12)17-7-5-16(6-8-17)13-3-4-13/h12-14H,1-11,15H2. The quantitative estimate of drug-likeness (QED) is 0.793. The van der Waals surface area contributed by atoms with Crippen molar-refractivity contribution in [2.24, 2.45) is 11.7 Å². The number of ether oxygens (including phenoxy) is 1. The number of nitrogens with zero attached hydrogens (tertiary/aromatic N) is 2. The predicted molar refractivity (Wildman–Crippen MR) is 72.6 cm³/mol. The molecular weight excluding hydrogens is 226 g/mol. The molecule has 0 amide bonds. The first-order valence-corrected chi connectivity index (χ1v) is 7.64. The maximum Gasteiger partial charge on any atom is 0.0509 e. The van der Waals surface area contributed by atoms with Crippen LogP contribution in [0.5, 0.6) is 0 Å². The second-order valence-electron chi connectivity index (χ2n) is 6.08. The lowest BCUT2D eigenvalue weighted by molar-refractivity contribution is -0.00333. The van der Waals surface area contributed by atoms with Gasteiger partial charge in [-0.15, -0.1) is 0 Å². The van der Waals surface area contributed by atoms with Crippen LogP contribution in [-0.4, -0.2) is 67.8 Å². The molecule has 2 heterocycles. The highest BCUT2D eigenvalue weighted by molar-refractivity contribution is 4.90. The zero-order valence-electron chi connectivity index (χ0n) is 11.4. The molecule has 2 atom stereocenters. The van der Waals surface area contributed by atoms with E-state index in [0.717, 1.165) is 25.8 Å². The molecule has 0 radical (unpaired) electrons. The monoisotopic (exact) mass is 253 g/mol. The maximum atomic E-state index is 6.03. The lowest BCUT2D eigenvalue weighted by Crippen LogP contribution is -2.56. The van der Waals surface area contributed by atoms with Crippen molar-refractivity contribution in [3.8, 4) is 0 Å². The van der Waals surface area contributed by atoms with Crippen LogP contribution in [0.1, 0.15) is 25.7 Å². The summed E-state index contributed by atoms with van der Waals surface area (Å²) in [5.41, 5.74) is 6.03. The van der Waals surface area contributed by atoms with Crippen molar-refractivity contribution >= 4 is 0 Å². The van der Waals surface area contributed by atoms with E-state index in [9.17, 15) is 0 Å². The van der Waals surface area contributed by atoms with Crippen molar-refractivity contribution in [3.63, 3.8) is 0 Å². The second-order valence-corrected chi connectivity index (χ2v) is 6.08. The van der Waals surface area contributed by atoms with Crippen molar-refractivity contribution in [2.75, 3.05) is 45.9 Å². The molecule has 0 aromatic rings. The van der Waals surface area contributed by atoms with E-state index in [-0.39, 0.29) is 0 Å². The zero-order chi connectivity index (χ0) is 12.4. The van der Waals surface area contributed by atoms with Crippen molar-refractivity contribution in [1.82, 2.24) is 9.80 Å². The van der Waals surface area contributed by atoms with E-state index in [1.807, 2.05) is 0 Å². The smallest absolute Gasteiger partial charge is 0.0509 e. The van der Waals surface area contributed by atoms with Crippen LogP contribution in [0.2, 0.25) is 0 Å². The Morgan fingerprint density at radius 1 is 1.11 bits per heavy atom. The van der Waals surface area contributed by atoms with Gasteiger partial charge in [0, 0.05) is 51.4 Å². The minimum absolute atomic E-state index is 0.548.